The quantitative estimate of drug-likeness (QED) is 0.0366. The van der Waals surface area contributed by atoms with Crippen molar-refractivity contribution < 1.29 is 42.7 Å². The standard InChI is InChI=1S/C58H64N6O10/c1-39(2)63(4)57(70-35-15-32-59)74-50-36-54(73-51(50)38-72-58(40-16-8-7-9-17-40,41-23-27-43(68-5)28-24-41)42-25-29-44(69-6)30-26-42)64-34-31-52(61-55(64)66)60-53(65)22-14-33-62(3)56(67)71-37-49-47-20-12-10-18-45(47)46-19-11-13-21-48(46)49/h7-13,16-21,23-31,34,39,49-51,54,57H,14-15,22,33,35-38H2,1-6H3,(H,60,61,65,66)/t50-,51-,54-,57?/m1/s1. The zero-order valence-electron chi connectivity index (χ0n) is 42.7. The topological polar surface area (TPSA) is 176 Å². The third kappa shape index (κ3) is 12.0. The maximum Gasteiger partial charge on any atom is 0.409 e. The van der Waals surface area contributed by atoms with Gasteiger partial charge in [0.1, 0.15) is 41.9 Å². The number of amides is 2. The number of aromatic nitrogens is 2. The van der Waals surface area contributed by atoms with Gasteiger partial charge in [0.05, 0.1) is 46.0 Å². The lowest BCUT2D eigenvalue weighted by molar-refractivity contribution is -0.254. The Morgan fingerprint density at radius 3 is 2.00 bits per heavy atom. The van der Waals surface area contributed by atoms with Crippen LogP contribution in [0.2, 0.25) is 0 Å². The van der Waals surface area contributed by atoms with Gasteiger partial charge in [-0.3, -0.25) is 14.3 Å². The third-order valence-corrected chi connectivity index (χ3v) is 13.7. The van der Waals surface area contributed by atoms with E-state index in [1.807, 2.05) is 129 Å². The molecule has 1 aliphatic heterocycles. The largest absolute Gasteiger partial charge is 0.497 e. The van der Waals surface area contributed by atoms with E-state index >= 15 is 0 Å². The van der Waals surface area contributed by atoms with Crippen molar-refractivity contribution in [1.29, 1.82) is 5.26 Å². The first kappa shape index (κ1) is 52.9. The fourth-order valence-corrected chi connectivity index (χ4v) is 9.48. The average molecular weight is 1010 g/mol. The highest BCUT2D eigenvalue weighted by atomic mass is 16.7. The number of anilines is 1. The first-order valence-corrected chi connectivity index (χ1v) is 24.9. The molecule has 1 aromatic heterocycles. The van der Waals surface area contributed by atoms with Gasteiger partial charge in [-0.25, -0.2) is 9.59 Å². The van der Waals surface area contributed by atoms with E-state index < -0.39 is 42.2 Å². The summed E-state index contributed by atoms with van der Waals surface area (Å²) in [5.41, 5.74) is 5.19. The summed E-state index contributed by atoms with van der Waals surface area (Å²) in [7, 11) is 6.75. The Kier molecular flexibility index (Phi) is 17.6. The molecule has 74 heavy (non-hydrogen) atoms. The molecule has 0 spiro atoms. The molecule has 1 saturated heterocycles. The summed E-state index contributed by atoms with van der Waals surface area (Å²) in [5.74, 6) is 0.996. The number of hydrogen-bond acceptors (Lipinski definition) is 13. The van der Waals surface area contributed by atoms with Gasteiger partial charge in [0.2, 0.25) is 12.3 Å². The predicted molar refractivity (Wildman–Crippen MR) is 279 cm³/mol. The van der Waals surface area contributed by atoms with E-state index in [1.54, 1.807) is 27.3 Å². The van der Waals surface area contributed by atoms with Crippen LogP contribution in [0.4, 0.5) is 10.6 Å². The van der Waals surface area contributed by atoms with Gasteiger partial charge in [0, 0.05) is 44.6 Å². The van der Waals surface area contributed by atoms with Gasteiger partial charge in [0.15, 0.2) is 0 Å². The fourth-order valence-electron chi connectivity index (χ4n) is 9.48. The molecule has 2 amide bonds. The molecular formula is C58H64N6O10. The minimum Gasteiger partial charge on any atom is -0.497 e. The lowest BCUT2D eigenvalue weighted by atomic mass is 9.80. The number of hydrogen-bond donors (Lipinski definition) is 1. The molecule has 2 heterocycles. The molecule has 1 N–H and O–H groups in total. The van der Waals surface area contributed by atoms with Crippen LogP contribution < -0.4 is 20.5 Å². The first-order valence-electron chi connectivity index (χ1n) is 24.9. The summed E-state index contributed by atoms with van der Waals surface area (Å²) < 4.78 is 45.2. The van der Waals surface area contributed by atoms with E-state index in [2.05, 4.69) is 40.6 Å². The Balaban J connectivity index is 0.963. The molecule has 2 aliphatic rings. The van der Waals surface area contributed by atoms with Crippen LogP contribution in [0.1, 0.15) is 79.5 Å². The van der Waals surface area contributed by atoms with Gasteiger partial charge in [-0.15, -0.1) is 0 Å². The number of nitrogens with zero attached hydrogens (tertiary/aromatic N) is 5. The SMILES string of the molecule is COc1ccc(C(OC[C@H]2O[C@@H](n3ccc(NC(=O)CCCN(C)C(=O)OCC4c5ccccc5-c5ccccc54)nc3=O)C[C@H]2OC(OCCC#N)N(C)C(C)C)(c2ccccc2)c2ccc(OC)cc2)cc1. The second-order valence-corrected chi connectivity index (χ2v) is 18.6. The highest BCUT2D eigenvalue weighted by Gasteiger charge is 2.44. The molecule has 16 nitrogen and oxygen atoms in total. The minimum absolute atomic E-state index is 0.00239. The van der Waals surface area contributed by atoms with Crippen LogP contribution >= 0.6 is 0 Å². The minimum atomic E-state index is -1.18. The van der Waals surface area contributed by atoms with Crippen molar-refractivity contribution in [2.24, 2.45) is 0 Å². The van der Waals surface area contributed by atoms with Crippen molar-refractivity contribution >= 4 is 17.8 Å². The number of nitriles is 1. The van der Waals surface area contributed by atoms with Crippen LogP contribution in [0.3, 0.4) is 0 Å². The normalized spacial score (nSPS) is 16.6. The zero-order valence-corrected chi connectivity index (χ0v) is 42.7. The van der Waals surface area contributed by atoms with Crippen LogP contribution in [-0.2, 0) is 34.1 Å². The van der Waals surface area contributed by atoms with Gasteiger partial charge >= 0.3 is 11.8 Å². The van der Waals surface area contributed by atoms with Crippen molar-refractivity contribution in [3.8, 4) is 28.7 Å². The van der Waals surface area contributed by atoms with Crippen LogP contribution in [-0.4, -0.2) is 111 Å². The molecule has 1 fully saturated rings. The van der Waals surface area contributed by atoms with E-state index in [0.29, 0.717) is 17.9 Å². The van der Waals surface area contributed by atoms with Crippen LogP contribution in [0.25, 0.3) is 11.1 Å². The van der Waals surface area contributed by atoms with Gasteiger partial charge in [0.25, 0.3) is 0 Å². The Labute approximate surface area is 432 Å². The molecule has 6 aromatic rings. The van der Waals surface area contributed by atoms with E-state index in [4.69, 9.17) is 33.2 Å². The Bertz CT molecular complexity index is 2830. The van der Waals surface area contributed by atoms with Gasteiger partial charge in [-0.05, 0) is 96.6 Å². The highest BCUT2D eigenvalue weighted by molar-refractivity contribution is 5.89. The first-order chi connectivity index (χ1) is 35.9. The summed E-state index contributed by atoms with van der Waals surface area (Å²) in [4.78, 5) is 47.7. The number of nitrogens with one attached hydrogen (secondary N) is 1. The van der Waals surface area contributed by atoms with Gasteiger partial charge in [-0.2, -0.15) is 10.2 Å². The molecule has 1 unspecified atom stereocenters. The molecule has 8 rings (SSSR count). The third-order valence-electron chi connectivity index (χ3n) is 13.7. The maximum absolute atomic E-state index is 13.9. The second-order valence-electron chi connectivity index (χ2n) is 18.6. The zero-order chi connectivity index (χ0) is 52.2. The molecular weight excluding hydrogens is 941 g/mol. The molecule has 4 atom stereocenters. The van der Waals surface area contributed by atoms with Crippen LogP contribution in [0.15, 0.2) is 144 Å². The summed E-state index contributed by atoms with van der Waals surface area (Å²) in [6, 6.07) is 45.3. The van der Waals surface area contributed by atoms with Gasteiger partial charge in [-0.1, -0.05) is 103 Å². The fraction of sp³-hybridized carbons (Fsp3) is 0.362. The van der Waals surface area contributed by atoms with Crippen molar-refractivity contribution in [3.05, 3.63) is 178 Å². The smallest absolute Gasteiger partial charge is 0.409 e. The summed E-state index contributed by atoms with van der Waals surface area (Å²) in [6.07, 6.45) is -1.35. The van der Waals surface area contributed by atoms with Crippen LogP contribution in [0.5, 0.6) is 11.5 Å². The van der Waals surface area contributed by atoms with Crippen molar-refractivity contribution in [2.45, 2.75) is 81.9 Å². The van der Waals surface area contributed by atoms with Crippen LogP contribution in [0, 0.1) is 11.3 Å². The number of carbonyl (C=O) groups is 2. The number of ether oxygens (including phenoxy) is 7. The molecule has 1 aliphatic carbocycles. The molecule has 0 bridgehead atoms. The molecule has 5 aromatic carbocycles. The number of benzene rings is 5. The Morgan fingerprint density at radius 2 is 1.42 bits per heavy atom. The molecule has 0 radical (unpaired) electrons. The lowest BCUT2D eigenvalue weighted by Gasteiger charge is -2.38. The number of methoxy groups -OCH3 is 2. The summed E-state index contributed by atoms with van der Waals surface area (Å²) >= 11 is 0. The summed E-state index contributed by atoms with van der Waals surface area (Å²) in [6.45, 7) is 4.60. The summed E-state index contributed by atoms with van der Waals surface area (Å²) in [5, 5.41) is 12.1. The molecule has 0 saturated carbocycles. The number of fused-ring (bicyclic) bond motifs is 3. The Hall–Kier alpha value is -7.39. The average Bonchev–Trinajstić information content (AvgIpc) is 3.98. The van der Waals surface area contributed by atoms with Crippen molar-refractivity contribution in [3.63, 3.8) is 0 Å². The lowest BCUT2D eigenvalue weighted by Crippen LogP contribution is -2.46. The van der Waals surface area contributed by atoms with Crippen molar-refractivity contribution in [2.75, 3.05) is 60.0 Å². The predicted octanol–water partition coefficient (Wildman–Crippen LogP) is 9.10. The van der Waals surface area contributed by atoms with E-state index in [1.165, 1.54) is 15.7 Å². The number of rotatable bonds is 23. The molecule has 386 valence electrons. The monoisotopic (exact) mass is 1000 g/mol. The second kappa shape index (κ2) is 24.6. The van der Waals surface area contributed by atoms with Gasteiger partial charge < -0.3 is 43.4 Å². The van der Waals surface area contributed by atoms with Crippen molar-refractivity contribution in [1.82, 2.24) is 19.4 Å². The van der Waals surface area contributed by atoms with E-state index in [-0.39, 0.29) is 69.3 Å². The Morgan fingerprint density at radius 1 is 0.824 bits per heavy atom. The number of carbonyl (C=O) groups excluding carboxylic acids is 2. The maximum atomic E-state index is 13.9. The molecule has 16 heteroatoms. The van der Waals surface area contributed by atoms with E-state index in [9.17, 15) is 19.6 Å². The highest BCUT2D eigenvalue weighted by Crippen LogP contribution is 2.45. The van der Waals surface area contributed by atoms with E-state index in [0.717, 1.165) is 38.9 Å².